The smallest absolute Gasteiger partial charge is 0.252 e. The minimum atomic E-state index is -0.591. The van der Waals surface area contributed by atoms with E-state index in [-0.39, 0.29) is 17.5 Å². The lowest BCUT2D eigenvalue weighted by Gasteiger charge is -2.05. The van der Waals surface area contributed by atoms with Crippen LogP contribution in [0, 0.1) is 6.92 Å². The van der Waals surface area contributed by atoms with Crippen molar-refractivity contribution in [2.75, 3.05) is 5.32 Å². The first-order valence-electron chi connectivity index (χ1n) is 5.84. The number of carbonyl (C=O) groups excluding carboxylic acids is 1. The first kappa shape index (κ1) is 13.5. The lowest BCUT2D eigenvalue weighted by molar-refractivity contribution is 0.0999. The van der Waals surface area contributed by atoms with Crippen LogP contribution in [-0.2, 0) is 0 Å². The molecule has 0 aliphatic carbocycles. The van der Waals surface area contributed by atoms with E-state index >= 15 is 0 Å². The van der Waals surface area contributed by atoms with Gasteiger partial charge in [-0.1, -0.05) is 17.7 Å². The van der Waals surface area contributed by atoms with E-state index < -0.39 is 5.91 Å². The van der Waals surface area contributed by atoms with E-state index in [9.17, 15) is 4.79 Å². The normalized spacial score (nSPS) is 11.2. The minimum absolute atomic E-state index is 0.145. The van der Waals surface area contributed by atoms with Crippen LogP contribution in [0.25, 0.3) is 0 Å². The van der Waals surface area contributed by atoms with E-state index in [1.807, 2.05) is 31.2 Å². The monoisotopic (exact) mass is 270 g/mol. The summed E-state index contributed by atoms with van der Waals surface area (Å²) in [5.41, 5.74) is 13.0. The molecule has 102 valence electrons. The predicted octanol–water partition coefficient (Wildman–Crippen LogP) is 0.942. The zero-order valence-corrected chi connectivity index (χ0v) is 10.9. The Morgan fingerprint density at radius 3 is 2.30 bits per heavy atom. The van der Waals surface area contributed by atoms with Crippen LogP contribution in [-0.4, -0.2) is 21.8 Å². The Morgan fingerprint density at radius 2 is 1.75 bits per heavy atom. The Morgan fingerprint density at radius 1 is 1.15 bits per heavy atom. The topological polar surface area (TPSA) is 119 Å². The molecule has 0 aliphatic heterocycles. The van der Waals surface area contributed by atoms with Crippen molar-refractivity contribution in [2.24, 2.45) is 16.5 Å². The zero-order chi connectivity index (χ0) is 14.5. The lowest BCUT2D eigenvalue weighted by atomic mass is 10.2. The van der Waals surface area contributed by atoms with Crippen molar-refractivity contribution < 1.29 is 4.79 Å². The zero-order valence-electron chi connectivity index (χ0n) is 10.9. The summed E-state index contributed by atoms with van der Waals surface area (Å²) in [6, 6.07) is 7.67. The third-order valence-electron chi connectivity index (χ3n) is 2.47. The van der Waals surface area contributed by atoms with Gasteiger partial charge in [0.25, 0.3) is 11.9 Å². The van der Waals surface area contributed by atoms with E-state index in [2.05, 4.69) is 20.3 Å². The fraction of sp³-hybridized carbons (Fsp3) is 0.0769. The van der Waals surface area contributed by atoms with Crippen molar-refractivity contribution in [3.63, 3.8) is 0 Å². The number of aromatic nitrogens is 2. The number of hydrogen-bond donors (Lipinski definition) is 3. The number of aryl methyl sites for hydroxylation is 1. The summed E-state index contributed by atoms with van der Waals surface area (Å²) in [6.45, 7) is 2.00. The second kappa shape index (κ2) is 5.79. The van der Waals surface area contributed by atoms with Crippen LogP contribution in [0.4, 0.5) is 11.6 Å². The van der Waals surface area contributed by atoms with Gasteiger partial charge in [-0.25, -0.2) is 9.97 Å². The van der Waals surface area contributed by atoms with Gasteiger partial charge in [-0.15, -0.1) is 0 Å². The van der Waals surface area contributed by atoms with Gasteiger partial charge < -0.3 is 16.8 Å². The van der Waals surface area contributed by atoms with Crippen LogP contribution in [0.1, 0.15) is 15.9 Å². The Bertz CT molecular complexity index is 633. The average molecular weight is 270 g/mol. The highest BCUT2D eigenvalue weighted by molar-refractivity contribution is 5.94. The number of guanidine groups is 1. The number of rotatable bonds is 3. The molecule has 0 aliphatic rings. The number of primary amides is 1. The summed E-state index contributed by atoms with van der Waals surface area (Å²) >= 11 is 0. The number of amides is 1. The summed E-state index contributed by atoms with van der Waals surface area (Å²) < 4.78 is 0. The molecule has 1 amide bonds. The second-order valence-electron chi connectivity index (χ2n) is 4.12. The van der Waals surface area contributed by atoms with Crippen LogP contribution < -0.4 is 16.8 Å². The largest absolute Gasteiger partial charge is 0.369 e. The molecule has 1 aromatic heterocycles. The number of benzene rings is 1. The second-order valence-corrected chi connectivity index (χ2v) is 4.12. The number of nitrogens with one attached hydrogen (secondary N) is 1. The van der Waals surface area contributed by atoms with Gasteiger partial charge in [-0.05, 0) is 19.1 Å². The molecule has 0 bridgehead atoms. The molecule has 0 saturated heterocycles. The molecule has 2 aromatic rings. The highest BCUT2D eigenvalue weighted by Gasteiger charge is 2.02. The Hall–Kier alpha value is -2.96. The van der Waals surface area contributed by atoms with Crippen molar-refractivity contribution in [1.29, 1.82) is 0 Å². The highest BCUT2D eigenvalue weighted by atomic mass is 16.1. The Kier molecular flexibility index (Phi) is 3.90. The molecule has 0 spiro atoms. The predicted molar refractivity (Wildman–Crippen MR) is 76.6 cm³/mol. The summed E-state index contributed by atoms with van der Waals surface area (Å²) in [4.78, 5) is 22.6. The summed E-state index contributed by atoms with van der Waals surface area (Å²) in [6.07, 6.45) is 2.60. The van der Waals surface area contributed by atoms with Gasteiger partial charge in [0.15, 0.2) is 0 Å². The maximum Gasteiger partial charge on any atom is 0.252 e. The lowest BCUT2D eigenvalue weighted by Crippen LogP contribution is -2.22. The van der Waals surface area contributed by atoms with Crippen LogP contribution in [0.2, 0.25) is 0 Å². The molecular weight excluding hydrogens is 256 g/mol. The van der Waals surface area contributed by atoms with Crippen LogP contribution in [0.3, 0.4) is 0 Å². The molecular formula is C13H14N6O. The van der Waals surface area contributed by atoms with Crippen molar-refractivity contribution in [3.8, 4) is 0 Å². The van der Waals surface area contributed by atoms with Crippen molar-refractivity contribution in [2.45, 2.75) is 6.92 Å². The maximum absolute atomic E-state index is 10.9. The maximum atomic E-state index is 10.9. The number of anilines is 1. The number of hydrogen-bond acceptors (Lipinski definition) is 4. The van der Waals surface area contributed by atoms with Gasteiger partial charge in [0, 0.05) is 18.1 Å². The van der Waals surface area contributed by atoms with Gasteiger partial charge in [-0.3, -0.25) is 4.79 Å². The van der Waals surface area contributed by atoms with E-state index in [0.29, 0.717) is 0 Å². The van der Waals surface area contributed by atoms with E-state index in [0.717, 1.165) is 11.3 Å². The third-order valence-corrected chi connectivity index (χ3v) is 2.47. The molecule has 2 rings (SSSR count). The molecule has 0 fully saturated rings. The molecule has 1 aromatic carbocycles. The van der Waals surface area contributed by atoms with Crippen molar-refractivity contribution in [1.82, 2.24) is 9.97 Å². The third kappa shape index (κ3) is 3.52. The van der Waals surface area contributed by atoms with E-state index in [1.165, 1.54) is 12.4 Å². The minimum Gasteiger partial charge on any atom is -0.369 e. The fourth-order valence-corrected chi connectivity index (χ4v) is 1.43. The molecule has 0 unspecified atom stereocenters. The summed E-state index contributed by atoms with van der Waals surface area (Å²) in [5, 5.41) is 2.91. The highest BCUT2D eigenvalue weighted by Crippen LogP contribution is 2.09. The summed E-state index contributed by atoms with van der Waals surface area (Å²) in [7, 11) is 0. The van der Waals surface area contributed by atoms with Crippen molar-refractivity contribution in [3.05, 3.63) is 47.8 Å². The van der Waals surface area contributed by atoms with Gasteiger partial charge in [-0.2, -0.15) is 4.99 Å². The Labute approximate surface area is 115 Å². The van der Waals surface area contributed by atoms with Gasteiger partial charge in [0.05, 0.1) is 5.56 Å². The van der Waals surface area contributed by atoms with Gasteiger partial charge >= 0.3 is 0 Å². The molecule has 0 radical (unpaired) electrons. The SMILES string of the molecule is Cc1ccc(N/C(N)=N/c2ncc(C(N)=O)cn2)cc1. The standard InChI is InChI=1S/C13H14N6O/c1-8-2-4-10(5-3-8)18-12(15)19-13-16-6-9(7-17-13)11(14)20/h2-7H,1H3,(H2,14,20)(H3,15,16,17,18,19). The molecule has 7 nitrogen and oxygen atoms in total. The first-order valence-corrected chi connectivity index (χ1v) is 5.84. The van der Waals surface area contributed by atoms with Crippen LogP contribution >= 0.6 is 0 Å². The fourth-order valence-electron chi connectivity index (χ4n) is 1.43. The molecule has 5 N–H and O–H groups in total. The van der Waals surface area contributed by atoms with Gasteiger partial charge in [0.2, 0.25) is 5.96 Å². The molecule has 0 atom stereocenters. The number of aliphatic imine (C=N–C) groups is 1. The number of carbonyl (C=O) groups is 1. The Balaban J connectivity index is 2.09. The molecule has 20 heavy (non-hydrogen) atoms. The molecule has 1 heterocycles. The first-order chi connectivity index (χ1) is 9.54. The number of nitrogens with two attached hydrogens (primary N) is 2. The van der Waals surface area contributed by atoms with Crippen LogP contribution in [0.15, 0.2) is 41.7 Å². The quantitative estimate of drug-likeness (QED) is 0.566. The van der Waals surface area contributed by atoms with Gasteiger partial charge in [0.1, 0.15) is 0 Å². The summed E-state index contributed by atoms with van der Waals surface area (Å²) in [5.74, 6) is -0.293. The van der Waals surface area contributed by atoms with Crippen molar-refractivity contribution >= 4 is 23.5 Å². The average Bonchev–Trinajstić information content (AvgIpc) is 2.42. The molecule has 0 saturated carbocycles. The number of nitrogens with zero attached hydrogens (tertiary/aromatic N) is 3. The van der Waals surface area contributed by atoms with Crippen LogP contribution in [0.5, 0.6) is 0 Å². The molecule has 7 heteroatoms. The van der Waals surface area contributed by atoms with E-state index in [4.69, 9.17) is 11.5 Å². The van der Waals surface area contributed by atoms with E-state index in [1.54, 1.807) is 0 Å².